The van der Waals surface area contributed by atoms with Crippen molar-refractivity contribution in [3.63, 3.8) is 0 Å². The molecule has 0 spiro atoms. The van der Waals surface area contributed by atoms with Crippen molar-refractivity contribution in [3.05, 3.63) is 62.8 Å². The van der Waals surface area contributed by atoms with Crippen LogP contribution in [0, 0.1) is 5.82 Å². The molecular formula is C20H14FN3O3S3. The summed E-state index contributed by atoms with van der Waals surface area (Å²) in [5, 5.41) is 6.33. The summed E-state index contributed by atoms with van der Waals surface area (Å²) >= 11 is 3.59. The number of anilines is 1. The van der Waals surface area contributed by atoms with Crippen molar-refractivity contribution in [3.8, 4) is 11.3 Å². The highest BCUT2D eigenvalue weighted by molar-refractivity contribution is 8.18. The first-order valence-electron chi connectivity index (χ1n) is 8.80. The molecule has 0 atom stereocenters. The molecule has 3 aromatic rings. The standard InChI is InChI=1S/C20H14FN3O3S3/c21-13-5-3-12(4-6-13)15-11-29-19(22-15)23-17(25)7-8-24-18(26)16(30-20(24)27)10-14-2-1-9-28-14/h1-6,9-11H,7-8H2,(H,22,23,25)/b16-10-. The second-order valence-electron chi connectivity index (χ2n) is 6.19. The van der Waals surface area contributed by atoms with Crippen LogP contribution in [0.15, 0.2) is 52.1 Å². The molecule has 1 aromatic carbocycles. The number of benzene rings is 1. The normalized spacial score (nSPS) is 15.2. The lowest BCUT2D eigenvalue weighted by atomic mass is 10.2. The van der Waals surface area contributed by atoms with Gasteiger partial charge in [-0.15, -0.1) is 22.7 Å². The Morgan fingerprint density at radius 1 is 1.17 bits per heavy atom. The number of carbonyl (C=O) groups is 3. The Morgan fingerprint density at radius 3 is 2.70 bits per heavy atom. The number of thiophene rings is 1. The van der Waals surface area contributed by atoms with E-state index in [4.69, 9.17) is 0 Å². The molecule has 1 fully saturated rings. The molecule has 0 bridgehead atoms. The lowest BCUT2D eigenvalue weighted by Crippen LogP contribution is -2.31. The molecule has 1 N–H and O–H groups in total. The number of amides is 3. The zero-order chi connectivity index (χ0) is 21.1. The second kappa shape index (κ2) is 8.90. The molecule has 3 amide bonds. The van der Waals surface area contributed by atoms with Gasteiger partial charge in [0.2, 0.25) is 5.91 Å². The van der Waals surface area contributed by atoms with Gasteiger partial charge in [0.15, 0.2) is 5.13 Å². The number of hydrogen-bond donors (Lipinski definition) is 1. The van der Waals surface area contributed by atoms with E-state index in [1.807, 2.05) is 17.5 Å². The van der Waals surface area contributed by atoms with Crippen molar-refractivity contribution in [2.75, 3.05) is 11.9 Å². The lowest BCUT2D eigenvalue weighted by Gasteiger charge is -2.11. The Bertz CT molecular complexity index is 1120. The van der Waals surface area contributed by atoms with E-state index in [1.54, 1.807) is 23.6 Å². The first-order chi connectivity index (χ1) is 14.5. The smallest absolute Gasteiger partial charge is 0.293 e. The molecule has 2 aromatic heterocycles. The summed E-state index contributed by atoms with van der Waals surface area (Å²) in [6.07, 6.45) is 1.65. The maximum Gasteiger partial charge on any atom is 0.293 e. The summed E-state index contributed by atoms with van der Waals surface area (Å²) in [7, 11) is 0. The van der Waals surface area contributed by atoms with Crippen LogP contribution in [0.4, 0.5) is 14.3 Å². The Labute approximate surface area is 183 Å². The molecule has 0 radical (unpaired) electrons. The summed E-state index contributed by atoms with van der Waals surface area (Å²) in [4.78, 5) is 43.5. The third kappa shape index (κ3) is 4.66. The topological polar surface area (TPSA) is 79.4 Å². The zero-order valence-corrected chi connectivity index (χ0v) is 17.8. The molecule has 0 aliphatic carbocycles. The van der Waals surface area contributed by atoms with Gasteiger partial charge in [-0.3, -0.25) is 19.3 Å². The highest BCUT2D eigenvalue weighted by Gasteiger charge is 2.35. The van der Waals surface area contributed by atoms with Crippen LogP contribution in [0.25, 0.3) is 17.3 Å². The molecule has 0 unspecified atom stereocenters. The number of rotatable bonds is 6. The van der Waals surface area contributed by atoms with Crippen LogP contribution in [-0.4, -0.2) is 33.5 Å². The van der Waals surface area contributed by atoms with E-state index in [0.717, 1.165) is 27.1 Å². The molecule has 4 rings (SSSR count). The molecule has 0 saturated carbocycles. The van der Waals surface area contributed by atoms with Gasteiger partial charge < -0.3 is 5.32 Å². The van der Waals surface area contributed by atoms with E-state index in [0.29, 0.717) is 15.7 Å². The van der Waals surface area contributed by atoms with Gasteiger partial charge in [0.25, 0.3) is 11.1 Å². The summed E-state index contributed by atoms with van der Waals surface area (Å²) in [5.41, 5.74) is 1.36. The fourth-order valence-electron chi connectivity index (χ4n) is 2.67. The van der Waals surface area contributed by atoms with Crippen molar-refractivity contribution >= 4 is 62.7 Å². The largest absolute Gasteiger partial charge is 0.302 e. The van der Waals surface area contributed by atoms with E-state index >= 15 is 0 Å². The van der Waals surface area contributed by atoms with E-state index in [-0.39, 0.29) is 35.8 Å². The van der Waals surface area contributed by atoms with Crippen LogP contribution >= 0.6 is 34.4 Å². The molecular weight excluding hydrogens is 445 g/mol. The fourth-order valence-corrected chi connectivity index (χ4v) is 5.00. The van der Waals surface area contributed by atoms with Crippen LogP contribution in [0.3, 0.4) is 0 Å². The predicted octanol–water partition coefficient (Wildman–Crippen LogP) is 5.08. The fraction of sp³-hybridized carbons (Fsp3) is 0.100. The Morgan fingerprint density at radius 2 is 1.97 bits per heavy atom. The first kappa shape index (κ1) is 20.5. The SMILES string of the molecule is O=C(CCN1C(=O)S/C(=C\c2cccs2)C1=O)Nc1nc(-c2ccc(F)cc2)cs1. The molecule has 1 aliphatic heterocycles. The molecule has 3 heterocycles. The molecule has 152 valence electrons. The van der Waals surface area contributed by atoms with Gasteiger partial charge in [-0.1, -0.05) is 6.07 Å². The molecule has 1 saturated heterocycles. The van der Waals surface area contributed by atoms with Crippen LogP contribution < -0.4 is 5.32 Å². The van der Waals surface area contributed by atoms with Crippen molar-refractivity contribution in [1.29, 1.82) is 0 Å². The van der Waals surface area contributed by atoms with Crippen LogP contribution in [-0.2, 0) is 9.59 Å². The van der Waals surface area contributed by atoms with Crippen molar-refractivity contribution in [2.45, 2.75) is 6.42 Å². The third-order valence-electron chi connectivity index (χ3n) is 4.14. The number of carbonyl (C=O) groups excluding carboxylic acids is 3. The van der Waals surface area contributed by atoms with Crippen LogP contribution in [0.1, 0.15) is 11.3 Å². The quantitative estimate of drug-likeness (QED) is 0.520. The predicted molar refractivity (Wildman–Crippen MR) is 118 cm³/mol. The van der Waals surface area contributed by atoms with E-state index in [9.17, 15) is 18.8 Å². The van der Waals surface area contributed by atoms with Gasteiger partial charge in [-0.05, 0) is 53.5 Å². The minimum absolute atomic E-state index is 0.00548. The Hall–Kier alpha value is -2.82. The minimum atomic E-state index is -0.390. The minimum Gasteiger partial charge on any atom is -0.302 e. The van der Waals surface area contributed by atoms with Crippen molar-refractivity contribution in [1.82, 2.24) is 9.88 Å². The highest BCUT2D eigenvalue weighted by Crippen LogP contribution is 2.33. The number of thiazole rings is 1. The molecule has 1 aliphatic rings. The Balaban J connectivity index is 1.33. The third-order valence-corrected chi connectivity index (χ3v) is 6.63. The average Bonchev–Trinajstić information content (AvgIpc) is 3.45. The number of nitrogens with zero attached hydrogens (tertiary/aromatic N) is 2. The van der Waals surface area contributed by atoms with E-state index in [2.05, 4.69) is 10.3 Å². The summed E-state index contributed by atoms with van der Waals surface area (Å²) in [6, 6.07) is 9.64. The lowest BCUT2D eigenvalue weighted by molar-refractivity contribution is -0.123. The monoisotopic (exact) mass is 459 g/mol. The van der Waals surface area contributed by atoms with E-state index < -0.39 is 0 Å². The van der Waals surface area contributed by atoms with Gasteiger partial charge in [0.05, 0.1) is 10.6 Å². The number of nitrogens with one attached hydrogen (secondary N) is 1. The number of halogens is 1. The van der Waals surface area contributed by atoms with Gasteiger partial charge in [-0.2, -0.15) is 0 Å². The summed E-state index contributed by atoms with van der Waals surface area (Å²) < 4.78 is 13.0. The van der Waals surface area contributed by atoms with Crippen LogP contribution in [0.5, 0.6) is 0 Å². The summed E-state index contributed by atoms with van der Waals surface area (Å²) in [6.45, 7) is -0.00548. The van der Waals surface area contributed by atoms with Gasteiger partial charge in [0, 0.05) is 28.8 Å². The van der Waals surface area contributed by atoms with Gasteiger partial charge in [-0.25, -0.2) is 9.37 Å². The van der Waals surface area contributed by atoms with Gasteiger partial charge in [0.1, 0.15) is 5.82 Å². The maximum atomic E-state index is 13.0. The maximum absolute atomic E-state index is 13.0. The second-order valence-corrected chi connectivity index (χ2v) is 9.02. The number of thioether (sulfide) groups is 1. The number of hydrogen-bond acceptors (Lipinski definition) is 7. The molecule has 30 heavy (non-hydrogen) atoms. The highest BCUT2D eigenvalue weighted by atomic mass is 32.2. The first-order valence-corrected chi connectivity index (χ1v) is 11.4. The number of imide groups is 1. The number of aromatic nitrogens is 1. The Kier molecular flexibility index (Phi) is 6.07. The molecule has 6 nitrogen and oxygen atoms in total. The van der Waals surface area contributed by atoms with E-state index in [1.165, 1.54) is 34.8 Å². The zero-order valence-electron chi connectivity index (χ0n) is 15.3. The van der Waals surface area contributed by atoms with Gasteiger partial charge >= 0.3 is 0 Å². The van der Waals surface area contributed by atoms with Crippen molar-refractivity contribution in [2.24, 2.45) is 0 Å². The van der Waals surface area contributed by atoms with Crippen LogP contribution in [0.2, 0.25) is 0 Å². The van der Waals surface area contributed by atoms with Crippen molar-refractivity contribution < 1.29 is 18.8 Å². The summed E-state index contributed by atoms with van der Waals surface area (Å²) in [5.74, 6) is -1.07. The molecule has 10 heteroatoms. The average molecular weight is 460 g/mol.